The number of halogens is 4. The molecule has 20 heavy (non-hydrogen) atoms. The second kappa shape index (κ2) is 6.25. The number of carbonyl (C=O) groups excluding carboxylic acids is 1. The molecule has 1 rings (SSSR count). The van der Waals surface area contributed by atoms with E-state index >= 15 is 0 Å². The highest BCUT2D eigenvalue weighted by Gasteiger charge is 2.35. The minimum Gasteiger partial charge on any atom is -0.368 e. The second-order valence-corrected chi connectivity index (χ2v) is 5.00. The Morgan fingerprint density at radius 1 is 1.45 bits per heavy atom. The summed E-state index contributed by atoms with van der Waals surface area (Å²) in [5.74, 6) is -2.01. The van der Waals surface area contributed by atoms with Crippen LogP contribution in [-0.4, -0.2) is 29.0 Å². The van der Waals surface area contributed by atoms with Gasteiger partial charge in [-0.25, -0.2) is 9.97 Å². The molecule has 0 spiro atoms. The van der Waals surface area contributed by atoms with Crippen LogP contribution in [0.4, 0.5) is 19.0 Å². The van der Waals surface area contributed by atoms with Gasteiger partial charge >= 0.3 is 6.18 Å². The highest BCUT2D eigenvalue weighted by molar-refractivity contribution is 6.29. The van der Waals surface area contributed by atoms with E-state index in [9.17, 15) is 18.0 Å². The summed E-state index contributed by atoms with van der Waals surface area (Å²) in [7, 11) is 0. The third-order valence-corrected chi connectivity index (χ3v) is 2.38. The summed E-state index contributed by atoms with van der Waals surface area (Å²) < 4.78 is 37.9. The molecule has 0 aliphatic rings. The van der Waals surface area contributed by atoms with E-state index in [2.05, 4.69) is 9.97 Å². The molecule has 0 aromatic carbocycles. The Morgan fingerprint density at radius 3 is 2.50 bits per heavy atom. The maximum absolute atomic E-state index is 12.6. The van der Waals surface area contributed by atoms with Crippen molar-refractivity contribution in [2.45, 2.75) is 20.0 Å². The number of carbonyl (C=O) groups is 1. The summed E-state index contributed by atoms with van der Waals surface area (Å²) in [5.41, 5.74) is 5.09. The van der Waals surface area contributed by atoms with E-state index in [0.717, 1.165) is 0 Å². The Hall–Kier alpha value is -1.57. The SMILES string of the molecule is CC(C)CN(CC(N)=O)c1cc(Cl)nc(C(F)(F)F)n1. The molecule has 1 aromatic heterocycles. The van der Waals surface area contributed by atoms with Crippen molar-refractivity contribution in [2.24, 2.45) is 11.7 Å². The van der Waals surface area contributed by atoms with Crippen molar-refractivity contribution in [1.29, 1.82) is 0 Å². The van der Waals surface area contributed by atoms with Crippen LogP contribution >= 0.6 is 11.6 Å². The van der Waals surface area contributed by atoms with Gasteiger partial charge in [-0.05, 0) is 5.92 Å². The average Bonchev–Trinajstić information content (AvgIpc) is 2.24. The molecule has 0 bridgehead atoms. The Bertz CT molecular complexity index is 493. The lowest BCUT2D eigenvalue weighted by Crippen LogP contribution is -2.37. The number of aromatic nitrogens is 2. The van der Waals surface area contributed by atoms with Crippen LogP contribution in [0.25, 0.3) is 0 Å². The van der Waals surface area contributed by atoms with E-state index in [0.29, 0.717) is 6.54 Å². The van der Waals surface area contributed by atoms with Gasteiger partial charge < -0.3 is 10.6 Å². The molecule has 0 saturated carbocycles. The minimum absolute atomic E-state index is 0.0789. The van der Waals surface area contributed by atoms with E-state index < -0.39 is 17.9 Å². The van der Waals surface area contributed by atoms with Crippen LogP contribution in [0.5, 0.6) is 0 Å². The fraction of sp³-hybridized carbons (Fsp3) is 0.545. The summed E-state index contributed by atoms with van der Waals surface area (Å²) in [4.78, 5) is 18.9. The molecule has 0 radical (unpaired) electrons. The third kappa shape index (κ3) is 4.84. The number of primary amides is 1. The highest BCUT2D eigenvalue weighted by Crippen LogP contribution is 2.29. The summed E-state index contributed by atoms with van der Waals surface area (Å²) in [5, 5.41) is -0.347. The lowest BCUT2D eigenvalue weighted by molar-refractivity contribution is -0.144. The van der Waals surface area contributed by atoms with Gasteiger partial charge in [0.2, 0.25) is 11.7 Å². The zero-order valence-corrected chi connectivity index (χ0v) is 11.7. The van der Waals surface area contributed by atoms with Crippen LogP contribution in [0.15, 0.2) is 6.07 Å². The van der Waals surface area contributed by atoms with Gasteiger partial charge in [0.15, 0.2) is 0 Å². The average molecular weight is 311 g/mol. The Balaban J connectivity index is 3.18. The number of amides is 1. The molecular weight excluding hydrogens is 297 g/mol. The van der Waals surface area contributed by atoms with E-state index in [1.165, 1.54) is 11.0 Å². The second-order valence-electron chi connectivity index (χ2n) is 4.61. The summed E-state index contributed by atoms with van der Waals surface area (Å²) in [6, 6.07) is 1.17. The van der Waals surface area contributed by atoms with Gasteiger partial charge in [0, 0.05) is 12.6 Å². The van der Waals surface area contributed by atoms with Gasteiger partial charge in [-0.15, -0.1) is 0 Å². The van der Waals surface area contributed by atoms with Crippen LogP contribution in [0, 0.1) is 5.92 Å². The maximum Gasteiger partial charge on any atom is 0.451 e. The van der Waals surface area contributed by atoms with Gasteiger partial charge in [0.1, 0.15) is 11.0 Å². The molecule has 1 amide bonds. The molecule has 5 nitrogen and oxygen atoms in total. The first-order valence-electron chi connectivity index (χ1n) is 5.74. The molecular formula is C11H14ClF3N4O. The number of nitrogens with zero attached hydrogens (tertiary/aromatic N) is 3. The number of anilines is 1. The monoisotopic (exact) mass is 310 g/mol. The van der Waals surface area contributed by atoms with Gasteiger partial charge in [-0.3, -0.25) is 4.79 Å². The molecule has 9 heteroatoms. The largest absolute Gasteiger partial charge is 0.451 e. The first-order chi connectivity index (χ1) is 9.09. The van der Waals surface area contributed by atoms with E-state index in [4.69, 9.17) is 17.3 Å². The smallest absolute Gasteiger partial charge is 0.368 e. The van der Waals surface area contributed by atoms with Crippen LogP contribution < -0.4 is 10.6 Å². The van der Waals surface area contributed by atoms with Crippen molar-refractivity contribution < 1.29 is 18.0 Å². The molecule has 0 atom stereocenters. The van der Waals surface area contributed by atoms with E-state index in [-0.39, 0.29) is 23.4 Å². The number of hydrogen-bond acceptors (Lipinski definition) is 4. The van der Waals surface area contributed by atoms with Gasteiger partial charge in [-0.1, -0.05) is 25.4 Å². The molecule has 2 N–H and O–H groups in total. The number of alkyl halides is 3. The maximum atomic E-state index is 12.6. The minimum atomic E-state index is -4.71. The van der Waals surface area contributed by atoms with Crippen LogP contribution in [0.2, 0.25) is 5.15 Å². The zero-order chi connectivity index (χ0) is 15.5. The molecule has 1 aromatic rings. The molecule has 0 aliphatic heterocycles. The predicted octanol–water partition coefficient (Wildman–Crippen LogP) is 2.10. The molecule has 112 valence electrons. The van der Waals surface area contributed by atoms with E-state index in [1.807, 2.05) is 13.8 Å². The van der Waals surface area contributed by atoms with E-state index in [1.54, 1.807) is 0 Å². The standard InChI is InChI=1S/C11H14ClF3N4O/c1-6(2)4-19(5-8(16)20)9-3-7(12)17-10(18-9)11(13,14)15/h3,6H,4-5H2,1-2H3,(H2,16,20). The number of nitrogens with two attached hydrogens (primary N) is 1. The van der Waals surface area contributed by atoms with Gasteiger partial charge in [0.05, 0.1) is 6.54 Å². The fourth-order valence-corrected chi connectivity index (χ4v) is 1.74. The zero-order valence-electron chi connectivity index (χ0n) is 10.9. The first-order valence-corrected chi connectivity index (χ1v) is 6.12. The summed E-state index contributed by atoms with van der Waals surface area (Å²) >= 11 is 5.58. The fourth-order valence-electron chi connectivity index (χ4n) is 1.56. The summed E-state index contributed by atoms with van der Waals surface area (Å²) in [6.07, 6.45) is -4.71. The molecule has 0 aliphatic carbocycles. The van der Waals surface area contributed by atoms with Crippen LogP contribution in [-0.2, 0) is 11.0 Å². The molecule has 0 unspecified atom stereocenters. The third-order valence-electron chi connectivity index (χ3n) is 2.19. The topological polar surface area (TPSA) is 72.1 Å². The van der Waals surface area contributed by atoms with Crippen molar-refractivity contribution in [2.75, 3.05) is 18.0 Å². The van der Waals surface area contributed by atoms with Gasteiger partial charge in [-0.2, -0.15) is 13.2 Å². The molecule has 0 fully saturated rings. The molecule has 0 saturated heterocycles. The van der Waals surface area contributed by atoms with Gasteiger partial charge in [0.25, 0.3) is 0 Å². The Kier molecular flexibility index (Phi) is 5.15. The van der Waals surface area contributed by atoms with Crippen LogP contribution in [0.3, 0.4) is 0 Å². The predicted molar refractivity (Wildman–Crippen MR) is 68.3 cm³/mol. The highest BCUT2D eigenvalue weighted by atomic mass is 35.5. The van der Waals surface area contributed by atoms with Crippen molar-refractivity contribution >= 4 is 23.3 Å². The number of rotatable bonds is 5. The number of hydrogen-bond donors (Lipinski definition) is 1. The normalized spacial score (nSPS) is 11.8. The first kappa shape index (κ1) is 16.5. The Labute approximate surface area is 118 Å². The van der Waals surface area contributed by atoms with Crippen molar-refractivity contribution in [3.63, 3.8) is 0 Å². The van der Waals surface area contributed by atoms with Crippen molar-refractivity contribution in [1.82, 2.24) is 9.97 Å². The lowest BCUT2D eigenvalue weighted by atomic mass is 10.2. The summed E-state index contributed by atoms with van der Waals surface area (Å²) in [6.45, 7) is 3.76. The van der Waals surface area contributed by atoms with Crippen molar-refractivity contribution in [3.05, 3.63) is 17.0 Å². The quantitative estimate of drug-likeness (QED) is 0.845. The van der Waals surface area contributed by atoms with Crippen molar-refractivity contribution in [3.8, 4) is 0 Å². The molecule has 1 heterocycles. The van der Waals surface area contributed by atoms with Crippen LogP contribution in [0.1, 0.15) is 19.7 Å². The lowest BCUT2D eigenvalue weighted by Gasteiger charge is -2.24. The Morgan fingerprint density at radius 2 is 2.05 bits per heavy atom.